The molecular formula is C8H6BrF2NO. The lowest BCUT2D eigenvalue weighted by Gasteiger charge is -2.05. The first-order valence-electron chi connectivity index (χ1n) is 3.46. The van der Waals surface area contributed by atoms with Crippen molar-refractivity contribution < 1.29 is 13.6 Å². The van der Waals surface area contributed by atoms with Gasteiger partial charge >= 0.3 is 0 Å². The average Bonchev–Trinajstić information content (AvgIpc) is 2.09. The lowest BCUT2D eigenvalue weighted by atomic mass is 10.2. The van der Waals surface area contributed by atoms with Crippen LogP contribution in [0.1, 0.15) is 28.2 Å². The molecule has 0 atom stereocenters. The summed E-state index contributed by atoms with van der Waals surface area (Å²) in [4.78, 5) is 14.1. The van der Waals surface area contributed by atoms with Crippen LogP contribution in [-0.2, 0) is 0 Å². The highest BCUT2D eigenvalue weighted by molar-refractivity contribution is 9.10. The summed E-state index contributed by atoms with van der Waals surface area (Å²) in [6.45, 7) is 1.56. The molecule has 2 nitrogen and oxygen atoms in total. The van der Waals surface area contributed by atoms with Crippen molar-refractivity contribution in [2.45, 2.75) is 13.3 Å². The lowest BCUT2D eigenvalue weighted by molar-refractivity contribution is 0.111. The highest BCUT2D eigenvalue weighted by Gasteiger charge is 2.15. The standard InChI is InChI=1S/C8H6BrF2NO/c1-4-7(9)6(8(10)11)2-5(3-13)12-4/h2-3,8H,1H3. The van der Waals surface area contributed by atoms with Gasteiger partial charge in [-0.2, -0.15) is 0 Å². The van der Waals surface area contributed by atoms with Gasteiger partial charge in [-0.25, -0.2) is 13.8 Å². The predicted molar refractivity (Wildman–Crippen MR) is 47.0 cm³/mol. The molecule has 5 heteroatoms. The number of carbonyl (C=O) groups is 1. The van der Waals surface area contributed by atoms with E-state index in [2.05, 4.69) is 20.9 Å². The van der Waals surface area contributed by atoms with E-state index in [0.29, 0.717) is 12.0 Å². The molecule has 1 heterocycles. The molecule has 0 unspecified atom stereocenters. The maximum atomic E-state index is 12.4. The van der Waals surface area contributed by atoms with Crippen molar-refractivity contribution in [2.24, 2.45) is 0 Å². The maximum absolute atomic E-state index is 12.4. The van der Waals surface area contributed by atoms with Crippen molar-refractivity contribution in [3.63, 3.8) is 0 Å². The Hall–Kier alpha value is -0.840. The summed E-state index contributed by atoms with van der Waals surface area (Å²) in [6.07, 6.45) is -2.15. The summed E-state index contributed by atoms with van der Waals surface area (Å²) >= 11 is 2.99. The topological polar surface area (TPSA) is 30.0 Å². The number of alkyl halides is 2. The fourth-order valence-electron chi connectivity index (χ4n) is 0.926. The van der Waals surface area contributed by atoms with E-state index >= 15 is 0 Å². The van der Waals surface area contributed by atoms with Crippen LogP contribution in [0.2, 0.25) is 0 Å². The van der Waals surface area contributed by atoms with Crippen LogP contribution in [0.25, 0.3) is 0 Å². The van der Waals surface area contributed by atoms with Gasteiger partial charge in [-0.15, -0.1) is 0 Å². The fraction of sp³-hybridized carbons (Fsp3) is 0.250. The van der Waals surface area contributed by atoms with Crippen molar-refractivity contribution in [1.82, 2.24) is 4.98 Å². The minimum Gasteiger partial charge on any atom is -0.296 e. The molecule has 0 aliphatic heterocycles. The van der Waals surface area contributed by atoms with E-state index in [9.17, 15) is 13.6 Å². The summed E-state index contributed by atoms with van der Waals surface area (Å²) in [5.41, 5.74) is 0.213. The van der Waals surface area contributed by atoms with Crippen LogP contribution in [0.4, 0.5) is 8.78 Å². The van der Waals surface area contributed by atoms with E-state index in [4.69, 9.17) is 0 Å². The maximum Gasteiger partial charge on any atom is 0.265 e. The zero-order valence-corrected chi connectivity index (χ0v) is 8.31. The SMILES string of the molecule is Cc1nc(C=O)cc(C(F)F)c1Br. The Morgan fingerprint density at radius 3 is 2.69 bits per heavy atom. The minimum atomic E-state index is -2.60. The number of halogens is 3. The molecule has 0 saturated heterocycles. The molecule has 0 amide bonds. The van der Waals surface area contributed by atoms with E-state index < -0.39 is 6.43 Å². The van der Waals surface area contributed by atoms with E-state index in [1.807, 2.05) is 0 Å². The molecular weight excluding hydrogens is 244 g/mol. The Balaban J connectivity index is 3.32. The van der Waals surface area contributed by atoms with E-state index in [1.165, 1.54) is 0 Å². The number of rotatable bonds is 2. The van der Waals surface area contributed by atoms with Crippen molar-refractivity contribution in [1.29, 1.82) is 0 Å². The molecule has 1 rings (SSSR count). The summed E-state index contributed by atoms with van der Waals surface area (Å²) < 4.78 is 25.0. The van der Waals surface area contributed by atoms with Crippen LogP contribution < -0.4 is 0 Å². The van der Waals surface area contributed by atoms with Crippen molar-refractivity contribution >= 4 is 22.2 Å². The van der Waals surface area contributed by atoms with Crippen molar-refractivity contribution in [2.75, 3.05) is 0 Å². The predicted octanol–water partition coefficient (Wildman–Crippen LogP) is 2.90. The van der Waals surface area contributed by atoms with Crippen molar-refractivity contribution in [3.05, 3.63) is 27.5 Å². The molecule has 0 radical (unpaired) electrons. The van der Waals surface area contributed by atoms with Crippen LogP contribution in [0.5, 0.6) is 0 Å². The Kier molecular flexibility index (Phi) is 3.08. The Bertz CT molecular complexity index is 341. The number of aromatic nitrogens is 1. The molecule has 0 spiro atoms. The van der Waals surface area contributed by atoms with Gasteiger partial charge in [0, 0.05) is 10.0 Å². The normalized spacial score (nSPS) is 10.5. The summed E-state index contributed by atoms with van der Waals surface area (Å²) in [6, 6.07) is 1.08. The molecule has 0 aliphatic carbocycles. The minimum absolute atomic E-state index is 0.0241. The number of aldehydes is 1. The van der Waals surface area contributed by atoms with E-state index in [0.717, 1.165) is 6.07 Å². The Morgan fingerprint density at radius 2 is 2.23 bits per heavy atom. The smallest absolute Gasteiger partial charge is 0.265 e. The van der Waals surface area contributed by atoms with Crippen LogP contribution in [0.15, 0.2) is 10.5 Å². The summed E-state index contributed by atoms with van der Waals surface area (Å²) in [5, 5.41) is 0. The largest absolute Gasteiger partial charge is 0.296 e. The van der Waals surface area contributed by atoms with Crippen LogP contribution >= 0.6 is 15.9 Å². The average molecular weight is 250 g/mol. The number of aryl methyl sites for hydroxylation is 1. The Morgan fingerprint density at radius 1 is 1.62 bits per heavy atom. The van der Waals surface area contributed by atoms with Gasteiger partial charge in [-0.3, -0.25) is 4.79 Å². The van der Waals surface area contributed by atoms with Gasteiger partial charge < -0.3 is 0 Å². The van der Waals surface area contributed by atoms with Gasteiger partial charge in [0.25, 0.3) is 6.43 Å². The summed E-state index contributed by atoms with van der Waals surface area (Å²) in [7, 11) is 0. The van der Waals surface area contributed by atoms with Gasteiger partial charge in [0.1, 0.15) is 5.69 Å². The number of carbonyl (C=O) groups excluding carboxylic acids is 1. The number of pyridine rings is 1. The zero-order valence-electron chi connectivity index (χ0n) is 6.72. The molecule has 0 saturated carbocycles. The first kappa shape index (κ1) is 10.2. The third kappa shape index (κ3) is 2.09. The van der Waals surface area contributed by atoms with E-state index in [1.54, 1.807) is 6.92 Å². The molecule has 1 aromatic rings. The van der Waals surface area contributed by atoms with Crippen molar-refractivity contribution in [3.8, 4) is 0 Å². The lowest BCUT2D eigenvalue weighted by Crippen LogP contribution is -1.97. The number of hydrogen-bond acceptors (Lipinski definition) is 2. The quantitative estimate of drug-likeness (QED) is 0.755. The van der Waals surface area contributed by atoms with Gasteiger partial charge in [0.15, 0.2) is 6.29 Å². The molecule has 0 aromatic carbocycles. The fourth-order valence-corrected chi connectivity index (χ4v) is 1.30. The van der Waals surface area contributed by atoms with Crippen LogP contribution in [0, 0.1) is 6.92 Å². The van der Waals surface area contributed by atoms with Gasteiger partial charge in [0.2, 0.25) is 0 Å². The summed E-state index contributed by atoms with van der Waals surface area (Å²) in [5.74, 6) is 0. The second kappa shape index (κ2) is 3.91. The second-order valence-electron chi connectivity index (χ2n) is 2.45. The van der Waals surface area contributed by atoms with Crippen LogP contribution in [0.3, 0.4) is 0 Å². The first-order valence-corrected chi connectivity index (χ1v) is 4.26. The molecule has 0 fully saturated rings. The molecule has 70 valence electrons. The van der Waals surface area contributed by atoms with Crippen LogP contribution in [-0.4, -0.2) is 11.3 Å². The first-order chi connectivity index (χ1) is 6.06. The third-order valence-corrected chi connectivity index (χ3v) is 2.56. The Labute approximate surface area is 82.1 Å². The molecule has 1 aromatic heterocycles. The highest BCUT2D eigenvalue weighted by Crippen LogP contribution is 2.29. The van der Waals surface area contributed by atoms with Gasteiger partial charge in [-0.1, -0.05) is 0 Å². The van der Waals surface area contributed by atoms with E-state index in [-0.39, 0.29) is 15.7 Å². The number of hydrogen-bond donors (Lipinski definition) is 0. The molecule has 0 bridgehead atoms. The third-order valence-electron chi connectivity index (χ3n) is 1.53. The zero-order chi connectivity index (χ0) is 10.0. The molecule has 13 heavy (non-hydrogen) atoms. The second-order valence-corrected chi connectivity index (χ2v) is 3.25. The molecule has 0 N–H and O–H groups in total. The number of nitrogens with zero attached hydrogens (tertiary/aromatic N) is 1. The monoisotopic (exact) mass is 249 g/mol. The van der Waals surface area contributed by atoms with Gasteiger partial charge in [-0.05, 0) is 28.9 Å². The molecule has 0 aliphatic rings. The van der Waals surface area contributed by atoms with Gasteiger partial charge in [0.05, 0.1) is 5.69 Å². The highest BCUT2D eigenvalue weighted by atomic mass is 79.9.